The lowest BCUT2D eigenvalue weighted by atomic mass is 9.79. The zero-order valence-electron chi connectivity index (χ0n) is 22.0. The van der Waals surface area contributed by atoms with Gasteiger partial charge in [0.1, 0.15) is 0 Å². The zero-order chi connectivity index (χ0) is 27.4. The Morgan fingerprint density at radius 1 is 0.947 bits per heavy atom. The summed E-state index contributed by atoms with van der Waals surface area (Å²) >= 11 is 3.46. The molecular formula is C29H32BrN3O5. The fourth-order valence-corrected chi connectivity index (χ4v) is 5.23. The molecule has 1 aromatic heterocycles. The Morgan fingerprint density at radius 2 is 1.53 bits per heavy atom. The van der Waals surface area contributed by atoms with E-state index in [1.807, 2.05) is 71.8 Å². The van der Waals surface area contributed by atoms with Gasteiger partial charge < -0.3 is 24.0 Å². The van der Waals surface area contributed by atoms with E-state index in [0.29, 0.717) is 22.5 Å². The van der Waals surface area contributed by atoms with Crippen molar-refractivity contribution in [2.75, 3.05) is 19.8 Å². The highest BCUT2D eigenvalue weighted by Crippen LogP contribution is 2.43. The Hall–Kier alpha value is -3.43. The van der Waals surface area contributed by atoms with Crippen molar-refractivity contribution in [2.24, 2.45) is 0 Å². The molecule has 0 spiro atoms. The average Bonchev–Trinajstić information content (AvgIpc) is 3.29. The minimum Gasteiger partial charge on any atom is -0.463 e. The summed E-state index contributed by atoms with van der Waals surface area (Å²) in [5, 5.41) is 11.2. The fourth-order valence-electron chi connectivity index (χ4n) is 4.97. The lowest BCUT2D eigenvalue weighted by Crippen LogP contribution is -2.39. The number of rotatable bonds is 9. The smallest absolute Gasteiger partial charge is 0.336 e. The highest BCUT2D eigenvalue weighted by Gasteiger charge is 2.41. The van der Waals surface area contributed by atoms with Crippen LogP contribution < -0.4 is 0 Å². The van der Waals surface area contributed by atoms with Gasteiger partial charge in [-0.1, -0.05) is 40.2 Å². The lowest BCUT2D eigenvalue weighted by molar-refractivity contribution is -0.139. The molecule has 2 heterocycles. The number of ether oxygens (including phenoxy) is 2. The summed E-state index contributed by atoms with van der Waals surface area (Å²) in [5.74, 6) is -1.69. The number of nitrogens with zero attached hydrogens (tertiary/aromatic N) is 3. The SMILES string of the molecule is CCOC(=O)C1=C(C)N(CC(O)Cn2cnc3ccccc32)C(C)=C(C(=O)OCC)C1c1ccc(Br)cc1. The molecule has 38 heavy (non-hydrogen) atoms. The van der Waals surface area contributed by atoms with Crippen LogP contribution in [0.5, 0.6) is 0 Å². The molecule has 1 aliphatic rings. The van der Waals surface area contributed by atoms with Crippen molar-refractivity contribution in [1.29, 1.82) is 0 Å². The van der Waals surface area contributed by atoms with Gasteiger partial charge in [-0.3, -0.25) is 0 Å². The molecule has 4 rings (SSSR count). The Morgan fingerprint density at radius 3 is 2.11 bits per heavy atom. The minimum atomic E-state index is -0.825. The van der Waals surface area contributed by atoms with E-state index in [-0.39, 0.29) is 26.3 Å². The van der Waals surface area contributed by atoms with E-state index in [4.69, 9.17) is 9.47 Å². The topological polar surface area (TPSA) is 93.9 Å². The molecule has 0 saturated carbocycles. The van der Waals surface area contributed by atoms with E-state index in [9.17, 15) is 14.7 Å². The summed E-state index contributed by atoms with van der Waals surface area (Å²) in [6.07, 6.45) is 0.876. The van der Waals surface area contributed by atoms with Gasteiger partial charge in [-0.15, -0.1) is 0 Å². The number of fused-ring (bicyclic) bond motifs is 1. The predicted octanol–water partition coefficient (Wildman–Crippen LogP) is 4.93. The summed E-state index contributed by atoms with van der Waals surface area (Å²) in [5.41, 5.74) is 4.47. The van der Waals surface area contributed by atoms with E-state index in [2.05, 4.69) is 20.9 Å². The number of aliphatic hydroxyl groups excluding tert-OH is 1. The summed E-state index contributed by atoms with van der Waals surface area (Å²) in [4.78, 5) is 32.9. The van der Waals surface area contributed by atoms with E-state index in [0.717, 1.165) is 21.1 Å². The molecule has 8 nitrogen and oxygen atoms in total. The minimum absolute atomic E-state index is 0.156. The van der Waals surface area contributed by atoms with Crippen LogP contribution in [-0.2, 0) is 25.6 Å². The molecule has 200 valence electrons. The van der Waals surface area contributed by atoms with Gasteiger partial charge in [0.25, 0.3) is 0 Å². The predicted molar refractivity (Wildman–Crippen MR) is 148 cm³/mol. The molecule has 2 aromatic carbocycles. The number of benzene rings is 2. The number of imidazole rings is 1. The van der Waals surface area contributed by atoms with Crippen LogP contribution >= 0.6 is 15.9 Å². The second-order valence-corrected chi connectivity index (χ2v) is 9.99. The quantitative estimate of drug-likeness (QED) is 0.358. The van der Waals surface area contributed by atoms with Crippen LogP contribution in [0, 0.1) is 0 Å². The van der Waals surface area contributed by atoms with E-state index >= 15 is 0 Å². The van der Waals surface area contributed by atoms with Crippen molar-refractivity contribution in [3.05, 3.63) is 87.4 Å². The number of esters is 2. The third-order valence-electron chi connectivity index (χ3n) is 6.69. The number of carbonyl (C=O) groups is 2. The molecule has 1 atom stereocenters. The van der Waals surface area contributed by atoms with Gasteiger partial charge in [0.2, 0.25) is 0 Å². The molecule has 0 amide bonds. The fraction of sp³-hybridized carbons (Fsp3) is 0.345. The zero-order valence-corrected chi connectivity index (χ0v) is 23.6. The first-order chi connectivity index (χ1) is 18.3. The van der Waals surface area contributed by atoms with Crippen molar-refractivity contribution in [3.63, 3.8) is 0 Å². The molecule has 0 saturated heterocycles. The number of halogens is 1. The van der Waals surface area contributed by atoms with Gasteiger partial charge in [-0.2, -0.15) is 0 Å². The van der Waals surface area contributed by atoms with Crippen LogP contribution in [0.3, 0.4) is 0 Å². The lowest BCUT2D eigenvalue weighted by Gasteiger charge is -2.38. The van der Waals surface area contributed by atoms with E-state index in [1.54, 1.807) is 20.2 Å². The molecule has 1 N–H and O–H groups in total. The molecular weight excluding hydrogens is 550 g/mol. The molecule has 0 aliphatic carbocycles. The maximum absolute atomic E-state index is 13.4. The molecule has 0 radical (unpaired) electrons. The van der Waals surface area contributed by atoms with E-state index < -0.39 is 24.0 Å². The van der Waals surface area contributed by atoms with Crippen LogP contribution in [0.4, 0.5) is 0 Å². The van der Waals surface area contributed by atoms with Crippen LogP contribution in [0.15, 0.2) is 81.9 Å². The Balaban J connectivity index is 1.77. The van der Waals surface area contributed by atoms with Crippen LogP contribution in [-0.4, -0.2) is 57.4 Å². The molecule has 1 unspecified atom stereocenters. The summed E-state index contributed by atoms with van der Waals surface area (Å²) < 4.78 is 13.7. The highest BCUT2D eigenvalue weighted by molar-refractivity contribution is 9.10. The number of aliphatic hydroxyl groups is 1. The number of hydrogen-bond donors (Lipinski definition) is 1. The Labute approximate surface area is 230 Å². The number of carbonyl (C=O) groups excluding carboxylic acids is 2. The molecule has 1 aliphatic heterocycles. The maximum Gasteiger partial charge on any atom is 0.336 e. The summed E-state index contributed by atoms with van der Waals surface area (Å²) in [7, 11) is 0. The summed E-state index contributed by atoms with van der Waals surface area (Å²) in [6.45, 7) is 7.96. The van der Waals surface area contributed by atoms with Crippen LogP contribution in [0.1, 0.15) is 39.2 Å². The third kappa shape index (κ3) is 5.54. The second-order valence-electron chi connectivity index (χ2n) is 9.07. The molecule has 9 heteroatoms. The van der Waals surface area contributed by atoms with Gasteiger partial charge >= 0.3 is 11.9 Å². The number of aromatic nitrogens is 2. The van der Waals surface area contributed by atoms with Crippen molar-refractivity contribution in [3.8, 4) is 0 Å². The average molecular weight is 582 g/mol. The van der Waals surface area contributed by atoms with Gasteiger partial charge in [-0.25, -0.2) is 14.6 Å². The number of β-amino-alcohol motifs (C(OH)–C–C–N with tert-alkyl or cyclic N) is 1. The molecule has 0 fully saturated rings. The number of hydrogen-bond acceptors (Lipinski definition) is 7. The van der Waals surface area contributed by atoms with Gasteiger partial charge in [-0.05, 0) is 57.5 Å². The van der Waals surface area contributed by atoms with E-state index in [1.165, 1.54) is 0 Å². The van der Waals surface area contributed by atoms with Crippen molar-refractivity contribution in [2.45, 2.75) is 46.3 Å². The first kappa shape index (κ1) is 27.6. The number of allylic oxidation sites excluding steroid dienone is 2. The van der Waals surface area contributed by atoms with Crippen molar-refractivity contribution < 1.29 is 24.2 Å². The second kappa shape index (κ2) is 12.0. The highest BCUT2D eigenvalue weighted by atomic mass is 79.9. The van der Waals surface area contributed by atoms with Gasteiger partial charge in [0, 0.05) is 15.9 Å². The van der Waals surface area contributed by atoms with Gasteiger partial charge in [0.15, 0.2) is 0 Å². The van der Waals surface area contributed by atoms with Gasteiger partial charge in [0.05, 0.1) is 66.8 Å². The monoisotopic (exact) mass is 581 g/mol. The first-order valence-electron chi connectivity index (χ1n) is 12.6. The first-order valence-corrected chi connectivity index (χ1v) is 13.4. The molecule has 3 aromatic rings. The molecule has 0 bridgehead atoms. The van der Waals surface area contributed by atoms with Crippen molar-refractivity contribution >= 4 is 38.9 Å². The van der Waals surface area contributed by atoms with Crippen LogP contribution in [0.25, 0.3) is 11.0 Å². The maximum atomic E-state index is 13.4. The Kier molecular flexibility index (Phi) is 8.69. The largest absolute Gasteiger partial charge is 0.463 e. The van der Waals surface area contributed by atoms with Crippen LogP contribution in [0.2, 0.25) is 0 Å². The standard InChI is InChI=1S/C29H32BrN3O5/c1-5-37-28(35)25-18(3)33(16-22(34)15-32-17-31-23-9-7-8-10-24(23)32)19(4)26(29(36)38-6-2)27(25)20-11-13-21(30)14-12-20/h7-14,17,22,27,34H,5-6,15-16H2,1-4H3. The number of para-hydroxylation sites is 2. The normalized spacial score (nSPS) is 15.3. The third-order valence-corrected chi connectivity index (χ3v) is 7.22. The Bertz CT molecular complexity index is 1350. The summed E-state index contributed by atoms with van der Waals surface area (Å²) in [6, 6.07) is 15.2. The van der Waals surface area contributed by atoms with Crippen molar-refractivity contribution in [1.82, 2.24) is 14.5 Å².